The summed E-state index contributed by atoms with van der Waals surface area (Å²) >= 11 is 4.75. The fraction of sp³-hybridized carbons (Fsp3) is 0.143. The summed E-state index contributed by atoms with van der Waals surface area (Å²) in [5, 5.41) is 0. The molecule has 0 saturated heterocycles. The molecule has 12 heavy (non-hydrogen) atoms. The minimum atomic E-state index is -0.0283. The average molecular weight is 245 g/mol. The van der Waals surface area contributed by atoms with Gasteiger partial charge in [0.15, 0.2) is 4.96 Å². The van der Waals surface area contributed by atoms with Gasteiger partial charge in [0.1, 0.15) is 0 Å². The smallest absolute Gasteiger partial charge is 0.258 e. The quantitative estimate of drug-likeness (QED) is 0.709. The Morgan fingerprint density at radius 3 is 3.17 bits per heavy atom. The predicted octanol–water partition coefficient (Wildman–Crippen LogP) is 1.83. The van der Waals surface area contributed by atoms with E-state index in [2.05, 4.69) is 20.9 Å². The molecule has 2 aromatic rings. The van der Waals surface area contributed by atoms with Crippen LogP contribution in [0, 0.1) is 6.92 Å². The second-order valence-corrected chi connectivity index (χ2v) is 4.81. The molecule has 0 aliphatic rings. The zero-order valence-electron chi connectivity index (χ0n) is 6.24. The Balaban J connectivity index is 2.98. The highest BCUT2D eigenvalue weighted by molar-refractivity contribution is 9.11. The zero-order chi connectivity index (χ0) is 8.72. The van der Waals surface area contributed by atoms with Gasteiger partial charge in [-0.1, -0.05) is 11.3 Å². The van der Waals surface area contributed by atoms with Gasteiger partial charge in [0.2, 0.25) is 0 Å². The Labute approximate surface area is 80.8 Å². The molecule has 0 spiro atoms. The fourth-order valence-corrected chi connectivity index (χ4v) is 2.39. The molecule has 0 aliphatic heterocycles. The maximum absolute atomic E-state index is 11.3. The number of hydrogen-bond acceptors (Lipinski definition) is 3. The van der Waals surface area contributed by atoms with Gasteiger partial charge in [0, 0.05) is 18.0 Å². The number of rotatable bonds is 0. The molecule has 2 rings (SSSR count). The molecule has 0 saturated carbocycles. The maximum Gasteiger partial charge on any atom is 0.258 e. The second kappa shape index (κ2) is 2.67. The minimum absolute atomic E-state index is 0.0283. The lowest BCUT2D eigenvalue weighted by Gasteiger charge is -1.91. The first-order chi connectivity index (χ1) is 5.66. The molecule has 0 amide bonds. The molecule has 0 N–H and O–H groups in total. The van der Waals surface area contributed by atoms with E-state index in [0.29, 0.717) is 0 Å². The van der Waals surface area contributed by atoms with E-state index in [-0.39, 0.29) is 5.56 Å². The lowest BCUT2D eigenvalue weighted by atomic mass is 10.4. The summed E-state index contributed by atoms with van der Waals surface area (Å²) in [6, 6.07) is 1.52. The van der Waals surface area contributed by atoms with Crippen LogP contribution >= 0.6 is 27.3 Å². The van der Waals surface area contributed by atoms with Crippen LogP contribution in [0.5, 0.6) is 0 Å². The third kappa shape index (κ3) is 1.19. The summed E-state index contributed by atoms with van der Waals surface area (Å²) in [5.74, 6) is 0. The third-order valence-electron chi connectivity index (χ3n) is 1.47. The van der Waals surface area contributed by atoms with E-state index in [0.717, 1.165) is 14.4 Å². The summed E-state index contributed by atoms with van der Waals surface area (Å²) in [6.07, 6.45) is 1.73. The van der Waals surface area contributed by atoms with Crippen LogP contribution in [0.25, 0.3) is 4.96 Å². The van der Waals surface area contributed by atoms with E-state index in [1.165, 1.54) is 21.8 Å². The van der Waals surface area contributed by atoms with Crippen LogP contribution < -0.4 is 5.56 Å². The largest absolute Gasteiger partial charge is 0.269 e. The molecule has 0 aliphatic carbocycles. The summed E-state index contributed by atoms with van der Waals surface area (Å²) < 4.78 is 2.44. The van der Waals surface area contributed by atoms with Gasteiger partial charge in [-0.3, -0.25) is 9.20 Å². The van der Waals surface area contributed by atoms with Crippen molar-refractivity contribution in [1.29, 1.82) is 0 Å². The fourth-order valence-electron chi connectivity index (χ4n) is 0.985. The number of hydrogen-bond donors (Lipinski definition) is 0. The molecule has 2 aromatic heterocycles. The SMILES string of the molecule is Cc1cc(=O)n2cc(Br)sc2n1. The first-order valence-corrected chi connectivity index (χ1v) is 4.93. The molecule has 0 unspecified atom stereocenters. The Hall–Kier alpha value is -0.680. The molecule has 2 heterocycles. The van der Waals surface area contributed by atoms with E-state index in [9.17, 15) is 4.79 Å². The first kappa shape index (κ1) is 7.94. The van der Waals surface area contributed by atoms with E-state index in [1.807, 2.05) is 6.92 Å². The number of aryl methyl sites for hydroxylation is 1. The summed E-state index contributed by atoms with van der Waals surface area (Å²) in [5.41, 5.74) is 0.730. The Morgan fingerprint density at radius 1 is 1.67 bits per heavy atom. The van der Waals surface area contributed by atoms with Crippen LogP contribution in [0.15, 0.2) is 20.8 Å². The summed E-state index contributed by atoms with van der Waals surface area (Å²) in [6.45, 7) is 1.81. The van der Waals surface area contributed by atoms with Gasteiger partial charge in [-0.2, -0.15) is 0 Å². The van der Waals surface area contributed by atoms with Crippen molar-refractivity contribution >= 4 is 32.2 Å². The van der Waals surface area contributed by atoms with Crippen molar-refractivity contribution in [3.8, 4) is 0 Å². The van der Waals surface area contributed by atoms with E-state index < -0.39 is 0 Å². The summed E-state index contributed by atoms with van der Waals surface area (Å²) in [4.78, 5) is 16.3. The normalized spacial score (nSPS) is 10.8. The van der Waals surface area contributed by atoms with Crippen molar-refractivity contribution in [2.24, 2.45) is 0 Å². The summed E-state index contributed by atoms with van der Waals surface area (Å²) in [7, 11) is 0. The van der Waals surface area contributed by atoms with E-state index >= 15 is 0 Å². The highest BCUT2D eigenvalue weighted by Gasteiger charge is 2.02. The lowest BCUT2D eigenvalue weighted by Crippen LogP contribution is -2.11. The topological polar surface area (TPSA) is 34.4 Å². The van der Waals surface area contributed by atoms with Crippen LogP contribution in [0.2, 0.25) is 0 Å². The number of nitrogens with zero attached hydrogens (tertiary/aromatic N) is 2. The van der Waals surface area contributed by atoms with Gasteiger partial charge in [-0.05, 0) is 22.9 Å². The van der Waals surface area contributed by atoms with Crippen molar-refractivity contribution in [3.63, 3.8) is 0 Å². The highest BCUT2D eigenvalue weighted by atomic mass is 79.9. The molecule has 5 heteroatoms. The highest BCUT2D eigenvalue weighted by Crippen LogP contribution is 2.19. The monoisotopic (exact) mass is 244 g/mol. The van der Waals surface area contributed by atoms with Gasteiger partial charge in [0.25, 0.3) is 5.56 Å². The van der Waals surface area contributed by atoms with Crippen LogP contribution in [0.3, 0.4) is 0 Å². The van der Waals surface area contributed by atoms with Gasteiger partial charge >= 0.3 is 0 Å². The molecule has 0 fully saturated rings. The molecule has 0 radical (unpaired) electrons. The average Bonchev–Trinajstić information content (AvgIpc) is 2.29. The van der Waals surface area contributed by atoms with Gasteiger partial charge < -0.3 is 0 Å². The number of aromatic nitrogens is 2. The third-order valence-corrected chi connectivity index (χ3v) is 2.93. The maximum atomic E-state index is 11.3. The van der Waals surface area contributed by atoms with Crippen molar-refractivity contribution in [1.82, 2.24) is 9.38 Å². The van der Waals surface area contributed by atoms with Gasteiger partial charge in [-0.15, -0.1) is 0 Å². The molecule has 0 atom stereocenters. The lowest BCUT2D eigenvalue weighted by molar-refractivity contribution is 1.04. The van der Waals surface area contributed by atoms with Gasteiger partial charge in [0.05, 0.1) is 3.79 Å². The van der Waals surface area contributed by atoms with Crippen molar-refractivity contribution in [3.05, 3.63) is 32.1 Å². The van der Waals surface area contributed by atoms with Crippen LogP contribution in [-0.4, -0.2) is 9.38 Å². The van der Waals surface area contributed by atoms with Gasteiger partial charge in [-0.25, -0.2) is 4.98 Å². The Morgan fingerprint density at radius 2 is 2.42 bits per heavy atom. The first-order valence-electron chi connectivity index (χ1n) is 3.32. The number of fused-ring (bicyclic) bond motifs is 1. The van der Waals surface area contributed by atoms with Crippen molar-refractivity contribution in [2.45, 2.75) is 6.92 Å². The van der Waals surface area contributed by atoms with E-state index in [4.69, 9.17) is 0 Å². The molecule has 3 nitrogen and oxygen atoms in total. The standard InChI is InChI=1S/C7H5BrN2OS/c1-4-2-6(11)10-3-5(8)12-7(10)9-4/h2-3H,1H3. The number of thiazole rings is 1. The Bertz CT molecular complexity index is 488. The second-order valence-electron chi connectivity index (χ2n) is 2.42. The molecule has 0 aromatic carbocycles. The van der Waals surface area contributed by atoms with Crippen molar-refractivity contribution in [2.75, 3.05) is 0 Å². The Kier molecular flexibility index (Phi) is 1.77. The van der Waals surface area contributed by atoms with Crippen molar-refractivity contribution < 1.29 is 0 Å². The van der Waals surface area contributed by atoms with Crippen LogP contribution in [0.4, 0.5) is 0 Å². The molecular weight excluding hydrogens is 240 g/mol. The molecule has 0 bridgehead atoms. The van der Waals surface area contributed by atoms with Crippen LogP contribution in [-0.2, 0) is 0 Å². The molecule has 62 valence electrons. The molecular formula is C7H5BrN2OS. The van der Waals surface area contributed by atoms with Crippen LogP contribution in [0.1, 0.15) is 5.69 Å². The zero-order valence-corrected chi connectivity index (χ0v) is 8.65. The van der Waals surface area contributed by atoms with E-state index in [1.54, 1.807) is 6.20 Å². The number of halogens is 1. The minimum Gasteiger partial charge on any atom is -0.269 e. The predicted molar refractivity (Wildman–Crippen MR) is 51.8 cm³/mol.